The van der Waals surface area contributed by atoms with Crippen LogP contribution in [0.1, 0.15) is 17.3 Å². The predicted molar refractivity (Wildman–Crippen MR) is 69.2 cm³/mol. The lowest BCUT2D eigenvalue weighted by Gasteiger charge is -2.13. The van der Waals surface area contributed by atoms with Crippen molar-refractivity contribution in [3.8, 4) is 5.75 Å². The first-order chi connectivity index (χ1) is 8.20. The van der Waals surface area contributed by atoms with Gasteiger partial charge >= 0.3 is 0 Å². The monoisotopic (exact) mass is 272 g/mol. The maximum absolute atomic E-state index is 11.8. The number of sulfone groups is 1. The summed E-state index contributed by atoms with van der Waals surface area (Å²) in [6.45, 7) is 1.57. The molecule has 0 aromatic heterocycles. The SMILES string of the molecule is CC(CS(C)(=O)=O)NC(=O)c1cccc(N)c1O. The van der Waals surface area contributed by atoms with Crippen LogP contribution in [0.5, 0.6) is 5.75 Å². The molecule has 0 spiro atoms. The molecule has 1 amide bonds. The van der Waals surface area contributed by atoms with Crippen molar-refractivity contribution in [1.29, 1.82) is 0 Å². The standard InChI is InChI=1S/C11H16N2O4S/c1-7(6-18(2,16)17)13-11(15)8-4-3-5-9(12)10(8)14/h3-5,7,14H,6,12H2,1-2H3,(H,13,15). The van der Waals surface area contributed by atoms with Gasteiger partial charge in [0.25, 0.3) is 5.91 Å². The molecule has 0 saturated carbocycles. The van der Waals surface area contributed by atoms with E-state index in [0.717, 1.165) is 6.26 Å². The van der Waals surface area contributed by atoms with Crippen LogP contribution in [0.4, 0.5) is 5.69 Å². The fraction of sp³-hybridized carbons (Fsp3) is 0.364. The number of para-hydroxylation sites is 1. The molecule has 1 unspecified atom stereocenters. The molecular formula is C11H16N2O4S. The largest absolute Gasteiger partial charge is 0.505 e. The smallest absolute Gasteiger partial charge is 0.255 e. The van der Waals surface area contributed by atoms with Gasteiger partial charge in [-0.05, 0) is 19.1 Å². The zero-order valence-corrected chi connectivity index (χ0v) is 11.0. The topological polar surface area (TPSA) is 109 Å². The van der Waals surface area contributed by atoms with E-state index in [9.17, 15) is 18.3 Å². The molecule has 0 bridgehead atoms. The summed E-state index contributed by atoms with van der Waals surface area (Å²) in [6.07, 6.45) is 1.09. The van der Waals surface area contributed by atoms with Crippen LogP contribution >= 0.6 is 0 Å². The first-order valence-corrected chi connectivity index (χ1v) is 7.33. The Balaban J connectivity index is 2.80. The van der Waals surface area contributed by atoms with Crippen molar-refractivity contribution in [1.82, 2.24) is 5.32 Å². The fourth-order valence-corrected chi connectivity index (χ4v) is 2.53. The Bertz CT molecular complexity index is 554. The first-order valence-electron chi connectivity index (χ1n) is 5.26. The third kappa shape index (κ3) is 3.92. The van der Waals surface area contributed by atoms with Gasteiger partial charge in [0.2, 0.25) is 0 Å². The van der Waals surface area contributed by atoms with E-state index in [1.165, 1.54) is 18.2 Å². The van der Waals surface area contributed by atoms with Crippen molar-refractivity contribution in [2.45, 2.75) is 13.0 Å². The summed E-state index contributed by atoms with van der Waals surface area (Å²) >= 11 is 0. The Hall–Kier alpha value is -1.76. The van der Waals surface area contributed by atoms with Gasteiger partial charge in [-0.1, -0.05) is 6.07 Å². The number of nitrogens with two attached hydrogens (primary N) is 1. The predicted octanol–water partition coefficient (Wildman–Crippen LogP) is 0.137. The molecule has 1 aromatic rings. The van der Waals surface area contributed by atoms with E-state index in [2.05, 4.69) is 5.32 Å². The molecule has 0 heterocycles. The Morgan fingerprint density at radius 1 is 1.50 bits per heavy atom. The molecule has 0 aliphatic rings. The summed E-state index contributed by atoms with van der Waals surface area (Å²) in [4.78, 5) is 11.8. The highest BCUT2D eigenvalue weighted by Crippen LogP contribution is 2.24. The molecule has 1 atom stereocenters. The van der Waals surface area contributed by atoms with Gasteiger partial charge in [-0.3, -0.25) is 4.79 Å². The zero-order chi connectivity index (χ0) is 13.9. The fourth-order valence-electron chi connectivity index (χ4n) is 1.54. The van der Waals surface area contributed by atoms with Crippen LogP contribution in [-0.4, -0.2) is 37.5 Å². The molecule has 0 fully saturated rings. The molecule has 6 nitrogen and oxygen atoms in total. The lowest BCUT2D eigenvalue weighted by molar-refractivity contribution is 0.0941. The second-order valence-electron chi connectivity index (χ2n) is 4.21. The molecule has 1 rings (SSSR count). The number of carbonyl (C=O) groups is 1. The van der Waals surface area contributed by atoms with Crippen LogP contribution in [0.3, 0.4) is 0 Å². The Kier molecular flexibility index (Phi) is 4.18. The zero-order valence-electron chi connectivity index (χ0n) is 10.2. The summed E-state index contributed by atoms with van der Waals surface area (Å²) in [5, 5.41) is 12.1. The Labute approximate surface area is 106 Å². The maximum atomic E-state index is 11.8. The number of nitrogen functional groups attached to an aromatic ring is 1. The van der Waals surface area contributed by atoms with Crippen LogP contribution in [0.25, 0.3) is 0 Å². The number of phenolic OH excluding ortho intramolecular Hbond substituents is 1. The number of aromatic hydroxyl groups is 1. The third-order valence-electron chi connectivity index (χ3n) is 2.24. The van der Waals surface area contributed by atoms with Crippen LogP contribution in [0, 0.1) is 0 Å². The highest BCUT2D eigenvalue weighted by atomic mass is 32.2. The average Bonchev–Trinajstić information content (AvgIpc) is 2.18. The van der Waals surface area contributed by atoms with Crippen LogP contribution in [0.15, 0.2) is 18.2 Å². The van der Waals surface area contributed by atoms with E-state index in [0.29, 0.717) is 0 Å². The van der Waals surface area contributed by atoms with E-state index >= 15 is 0 Å². The molecule has 1 aromatic carbocycles. The van der Waals surface area contributed by atoms with Gasteiger partial charge in [0.15, 0.2) is 5.75 Å². The third-order valence-corrected chi connectivity index (χ3v) is 3.35. The number of anilines is 1. The molecule has 0 saturated heterocycles. The first kappa shape index (κ1) is 14.3. The Morgan fingerprint density at radius 3 is 2.67 bits per heavy atom. The van der Waals surface area contributed by atoms with Crippen molar-refractivity contribution >= 4 is 21.4 Å². The van der Waals surface area contributed by atoms with Gasteiger partial charge in [-0.25, -0.2) is 8.42 Å². The normalized spacial score (nSPS) is 13.0. The minimum Gasteiger partial charge on any atom is -0.505 e. The summed E-state index contributed by atoms with van der Waals surface area (Å²) < 4.78 is 22.1. The minimum absolute atomic E-state index is 0.0235. The molecule has 7 heteroatoms. The summed E-state index contributed by atoms with van der Waals surface area (Å²) in [7, 11) is -3.17. The van der Waals surface area contributed by atoms with Crippen LogP contribution in [0.2, 0.25) is 0 Å². The van der Waals surface area contributed by atoms with Crippen molar-refractivity contribution in [2.75, 3.05) is 17.7 Å². The molecule has 18 heavy (non-hydrogen) atoms. The van der Waals surface area contributed by atoms with Crippen LogP contribution < -0.4 is 11.1 Å². The van der Waals surface area contributed by atoms with E-state index in [1.54, 1.807) is 6.92 Å². The van der Waals surface area contributed by atoms with E-state index in [1.807, 2.05) is 0 Å². The highest BCUT2D eigenvalue weighted by Gasteiger charge is 2.17. The van der Waals surface area contributed by atoms with Crippen molar-refractivity contribution in [3.05, 3.63) is 23.8 Å². The van der Waals surface area contributed by atoms with E-state index in [-0.39, 0.29) is 22.8 Å². The summed E-state index contributed by atoms with van der Waals surface area (Å²) in [5.74, 6) is -1.03. The second kappa shape index (κ2) is 5.26. The molecule has 4 N–H and O–H groups in total. The van der Waals surface area contributed by atoms with Crippen molar-refractivity contribution in [2.24, 2.45) is 0 Å². The van der Waals surface area contributed by atoms with E-state index < -0.39 is 21.8 Å². The number of carbonyl (C=O) groups excluding carboxylic acids is 1. The number of hydrogen-bond donors (Lipinski definition) is 3. The van der Waals surface area contributed by atoms with Gasteiger partial charge in [0.1, 0.15) is 9.84 Å². The lowest BCUT2D eigenvalue weighted by atomic mass is 10.1. The summed E-state index contributed by atoms with van der Waals surface area (Å²) in [6, 6.07) is 3.86. The average molecular weight is 272 g/mol. The number of rotatable bonds is 4. The molecule has 0 radical (unpaired) electrons. The molecule has 0 aliphatic carbocycles. The molecular weight excluding hydrogens is 256 g/mol. The molecule has 0 aliphatic heterocycles. The second-order valence-corrected chi connectivity index (χ2v) is 6.40. The van der Waals surface area contributed by atoms with E-state index in [4.69, 9.17) is 5.73 Å². The Morgan fingerprint density at radius 2 is 2.11 bits per heavy atom. The number of hydrogen-bond acceptors (Lipinski definition) is 5. The minimum atomic E-state index is -3.17. The number of amides is 1. The van der Waals surface area contributed by atoms with Gasteiger partial charge < -0.3 is 16.2 Å². The number of benzene rings is 1. The number of phenols is 1. The lowest BCUT2D eigenvalue weighted by Crippen LogP contribution is -2.37. The van der Waals surface area contributed by atoms with Crippen molar-refractivity contribution < 1.29 is 18.3 Å². The number of nitrogens with one attached hydrogen (secondary N) is 1. The highest BCUT2D eigenvalue weighted by molar-refractivity contribution is 7.90. The van der Waals surface area contributed by atoms with Crippen LogP contribution in [-0.2, 0) is 9.84 Å². The quantitative estimate of drug-likeness (QED) is 0.533. The molecule has 100 valence electrons. The van der Waals surface area contributed by atoms with Gasteiger partial charge in [0, 0.05) is 12.3 Å². The van der Waals surface area contributed by atoms with Gasteiger partial charge in [-0.2, -0.15) is 0 Å². The maximum Gasteiger partial charge on any atom is 0.255 e. The van der Waals surface area contributed by atoms with Crippen molar-refractivity contribution in [3.63, 3.8) is 0 Å². The summed E-state index contributed by atoms with van der Waals surface area (Å²) in [5.41, 5.74) is 5.58. The van der Waals surface area contributed by atoms with Gasteiger partial charge in [0.05, 0.1) is 17.0 Å². The van der Waals surface area contributed by atoms with Gasteiger partial charge in [-0.15, -0.1) is 0 Å².